The Kier molecular flexibility index (Phi) is 4.45. The molecule has 0 aromatic heterocycles. The van der Waals surface area contributed by atoms with Crippen molar-refractivity contribution in [3.63, 3.8) is 0 Å². The Balaban J connectivity index is 2.71. The molecule has 1 rings (SSSR count). The zero-order chi connectivity index (χ0) is 12.1. The molecule has 1 aliphatic rings. The molecule has 2 amide bonds. The van der Waals surface area contributed by atoms with E-state index in [0.29, 0.717) is 18.8 Å². The number of urea groups is 1. The summed E-state index contributed by atoms with van der Waals surface area (Å²) >= 11 is 0. The number of amides is 2. The van der Waals surface area contributed by atoms with Gasteiger partial charge >= 0.3 is 6.03 Å². The Labute approximate surface area is 94.7 Å². The van der Waals surface area contributed by atoms with E-state index in [4.69, 9.17) is 15.2 Å². The number of aliphatic imine (C=N–C) groups is 1. The number of nitrogens with two attached hydrogens (primary N) is 1. The monoisotopic (exact) mass is 227 g/mol. The highest BCUT2D eigenvalue weighted by molar-refractivity contribution is 6.02. The first-order valence-electron chi connectivity index (χ1n) is 4.95. The number of nitrogens with zero attached hydrogens (tertiary/aromatic N) is 2. The molecule has 1 unspecified atom stereocenters. The lowest BCUT2D eigenvalue weighted by molar-refractivity contribution is -0.110. The summed E-state index contributed by atoms with van der Waals surface area (Å²) < 4.78 is 10.1. The van der Waals surface area contributed by atoms with Crippen LogP contribution in [-0.4, -0.2) is 49.9 Å². The fourth-order valence-corrected chi connectivity index (χ4v) is 1.61. The molecule has 0 aromatic rings. The molecule has 1 atom stereocenters. The zero-order valence-electron chi connectivity index (χ0n) is 9.55. The van der Waals surface area contributed by atoms with E-state index >= 15 is 0 Å². The van der Waals surface area contributed by atoms with Crippen LogP contribution < -0.4 is 5.73 Å². The van der Waals surface area contributed by atoms with Crippen LogP contribution in [-0.2, 0) is 9.47 Å². The summed E-state index contributed by atoms with van der Waals surface area (Å²) in [5, 5.41) is 0. The van der Waals surface area contributed by atoms with Crippen LogP contribution in [0.1, 0.15) is 6.42 Å². The Morgan fingerprint density at radius 1 is 1.62 bits per heavy atom. The van der Waals surface area contributed by atoms with E-state index in [-0.39, 0.29) is 12.1 Å². The molecule has 0 saturated carbocycles. The fraction of sp³-hybridized carbons (Fsp3) is 0.600. The number of carbonyl (C=O) groups excluding carboxylic acids is 1. The number of rotatable bonds is 6. The molecule has 90 valence electrons. The minimum Gasteiger partial charge on any atom is -0.385 e. The first-order chi connectivity index (χ1) is 7.63. The molecule has 16 heavy (non-hydrogen) atoms. The van der Waals surface area contributed by atoms with Crippen molar-refractivity contribution in [2.24, 2.45) is 10.7 Å². The van der Waals surface area contributed by atoms with Gasteiger partial charge in [0.2, 0.25) is 0 Å². The van der Waals surface area contributed by atoms with Crippen molar-refractivity contribution >= 4 is 11.9 Å². The van der Waals surface area contributed by atoms with Crippen LogP contribution in [0.15, 0.2) is 17.6 Å². The SMILES string of the molecule is C=CCN1C(=O)N=C(N)C1CC(OC)OC. The maximum atomic E-state index is 11.5. The Morgan fingerprint density at radius 3 is 2.75 bits per heavy atom. The van der Waals surface area contributed by atoms with Gasteiger partial charge < -0.3 is 20.1 Å². The first-order valence-corrected chi connectivity index (χ1v) is 4.95. The lowest BCUT2D eigenvalue weighted by Crippen LogP contribution is -2.43. The van der Waals surface area contributed by atoms with E-state index in [2.05, 4.69) is 11.6 Å². The standard InChI is InChI=1S/C10H17N3O3/c1-4-5-13-7(6-8(15-2)16-3)9(11)12-10(13)14/h4,7-8H,1,5-6H2,2-3H3,(H2,11,12,14). The number of hydrogen-bond acceptors (Lipinski definition) is 4. The van der Waals surface area contributed by atoms with E-state index in [1.165, 1.54) is 19.1 Å². The van der Waals surface area contributed by atoms with Crippen molar-refractivity contribution in [2.75, 3.05) is 20.8 Å². The molecule has 0 saturated heterocycles. The highest BCUT2D eigenvalue weighted by Gasteiger charge is 2.34. The number of amidine groups is 1. The van der Waals surface area contributed by atoms with Gasteiger partial charge in [-0.2, -0.15) is 4.99 Å². The van der Waals surface area contributed by atoms with Crippen molar-refractivity contribution in [3.05, 3.63) is 12.7 Å². The normalized spacial score (nSPS) is 20.4. The zero-order valence-corrected chi connectivity index (χ0v) is 9.55. The summed E-state index contributed by atoms with van der Waals surface area (Å²) in [6, 6.07) is -0.622. The second-order valence-corrected chi connectivity index (χ2v) is 3.41. The average Bonchev–Trinajstić information content (AvgIpc) is 2.52. The maximum absolute atomic E-state index is 11.5. The van der Waals surface area contributed by atoms with Crippen LogP contribution in [0.5, 0.6) is 0 Å². The fourth-order valence-electron chi connectivity index (χ4n) is 1.61. The van der Waals surface area contributed by atoms with Gasteiger partial charge in [-0.05, 0) is 0 Å². The van der Waals surface area contributed by atoms with Crippen LogP contribution in [0.2, 0.25) is 0 Å². The summed E-state index contributed by atoms with van der Waals surface area (Å²) in [4.78, 5) is 16.7. The molecular formula is C10H17N3O3. The second-order valence-electron chi connectivity index (χ2n) is 3.41. The van der Waals surface area contributed by atoms with Crippen LogP contribution in [0.3, 0.4) is 0 Å². The van der Waals surface area contributed by atoms with Crippen LogP contribution >= 0.6 is 0 Å². The quantitative estimate of drug-likeness (QED) is 0.524. The van der Waals surface area contributed by atoms with Crippen molar-refractivity contribution in [1.82, 2.24) is 4.90 Å². The summed E-state index contributed by atoms with van der Waals surface area (Å²) in [7, 11) is 3.08. The van der Waals surface area contributed by atoms with Crippen molar-refractivity contribution in [3.8, 4) is 0 Å². The van der Waals surface area contributed by atoms with Gasteiger partial charge in [0.25, 0.3) is 0 Å². The van der Waals surface area contributed by atoms with Gasteiger partial charge in [-0.3, -0.25) is 0 Å². The van der Waals surface area contributed by atoms with Gasteiger partial charge in [-0.25, -0.2) is 4.79 Å². The summed E-state index contributed by atoms with van der Waals surface area (Å²) in [5.74, 6) is 0.297. The van der Waals surface area contributed by atoms with Crippen LogP contribution in [0.25, 0.3) is 0 Å². The van der Waals surface area contributed by atoms with Gasteiger partial charge in [0.1, 0.15) is 5.84 Å². The van der Waals surface area contributed by atoms with Crippen molar-refractivity contribution in [2.45, 2.75) is 18.8 Å². The molecule has 1 heterocycles. The third kappa shape index (κ3) is 2.59. The van der Waals surface area contributed by atoms with Gasteiger partial charge in [0, 0.05) is 27.2 Å². The van der Waals surface area contributed by atoms with E-state index in [1.807, 2.05) is 0 Å². The van der Waals surface area contributed by atoms with E-state index in [1.54, 1.807) is 6.08 Å². The van der Waals surface area contributed by atoms with E-state index in [9.17, 15) is 4.79 Å². The predicted molar refractivity (Wildman–Crippen MR) is 60.1 cm³/mol. The van der Waals surface area contributed by atoms with Gasteiger partial charge in [-0.1, -0.05) is 6.08 Å². The largest absolute Gasteiger partial charge is 0.385 e. The van der Waals surface area contributed by atoms with E-state index < -0.39 is 6.29 Å². The molecule has 0 aromatic carbocycles. The Morgan fingerprint density at radius 2 is 2.25 bits per heavy atom. The summed E-state index contributed by atoms with van der Waals surface area (Å²) in [5.41, 5.74) is 5.69. The maximum Gasteiger partial charge on any atom is 0.346 e. The van der Waals surface area contributed by atoms with Crippen molar-refractivity contribution < 1.29 is 14.3 Å². The number of methoxy groups -OCH3 is 2. The van der Waals surface area contributed by atoms with Gasteiger partial charge in [0.15, 0.2) is 6.29 Å². The second kappa shape index (κ2) is 5.62. The highest BCUT2D eigenvalue weighted by Crippen LogP contribution is 2.17. The Hall–Kier alpha value is -1.40. The smallest absolute Gasteiger partial charge is 0.346 e. The summed E-state index contributed by atoms with van der Waals surface area (Å²) in [6.07, 6.45) is 1.69. The third-order valence-electron chi connectivity index (χ3n) is 2.46. The number of hydrogen-bond donors (Lipinski definition) is 1. The molecular weight excluding hydrogens is 210 g/mol. The molecule has 0 aliphatic carbocycles. The Bertz CT molecular complexity index is 300. The van der Waals surface area contributed by atoms with Crippen molar-refractivity contribution in [1.29, 1.82) is 0 Å². The molecule has 0 fully saturated rings. The van der Waals surface area contributed by atoms with Crippen LogP contribution in [0.4, 0.5) is 4.79 Å². The minimum atomic E-state index is -0.406. The molecule has 6 nitrogen and oxygen atoms in total. The van der Waals surface area contributed by atoms with E-state index in [0.717, 1.165) is 0 Å². The topological polar surface area (TPSA) is 77.2 Å². The molecule has 1 aliphatic heterocycles. The lowest BCUT2D eigenvalue weighted by Gasteiger charge is -2.25. The highest BCUT2D eigenvalue weighted by atomic mass is 16.7. The molecule has 0 bridgehead atoms. The predicted octanol–water partition coefficient (Wildman–Crippen LogP) is 0.343. The minimum absolute atomic E-state index is 0.282. The van der Waals surface area contributed by atoms with Gasteiger partial charge in [0.05, 0.1) is 6.04 Å². The molecule has 0 spiro atoms. The van der Waals surface area contributed by atoms with Gasteiger partial charge in [-0.15, -0.1) is 6.58 Å². The molecule has 2 N–H and O–H groups in total. The lowest BCUT2D eigenvalue weighted by atomic mass is 10.1. The summed E-state index contributed by atoms with van der Waals surface area (Å²) in [6.45, 7) is 4.00. The molecule has 0 radical (unpaired) electrons. The van der Waals surface area contributed by atoms with Crippen LogP contribution in [0, 0.1) is 0 Å². The molecule has 6 heteroatoms. The average molecular weight is 227 g/mol. The first kappa shape index (κ1) is 12.7. The number of carbonyl (C=O) groups is 1. The number of ether oxygens (including phenoxy) is 2. The third-order valence-corrected chi connectivity index (χ3v) is 2.46.